The van der Waals surface area contributed by atoms with Crippen LogP contribution in [-0.4, -0.2) is 41.1 Å². The fourth-order valence-corrected chi connectivity index (χ4v) is 4.16. The maximum absolute atomic E-state index is 6.12. The van der Waals surface area contributed by atoms with Gasteiger partial charge < -0.3 is 5.73 Å². The Morgan fingerprint density at radius 3 is 2.75 bits per heavy atom. The molecule has 2 aliphatic rings. The van der Waals surface area contributed by atoms with Crippen molar-refractivity contribution in [1.82, 2.24) is 4.90 Å². The van der Waals surface area contributed by atoms with E-state index in [4.69, 9.17) is 5.73 Å². The van der Waals surface area contributed by atoms with E-state index in [1.165, 1.54) is 56.6 Å². The van der Waals surface area contributed by atoms with Gasteiger partial charge in [-0.05, 0) is 44.4 Å². The quantitative estimate of drug-likeness (QED) is 0.776. The van der Waals surface area contributed by atoms with Crippen molar-refractivity contribution in [3.8, 4) is 0 Å². The second-order valence-corrected chi connectivity index (χ2v) is 6.47. The van der Waals surface area contributed by atoms with Crippen LogP contribution in [0.25, 0.3) is 0 Å². The van der Waals surface area contributed by atoms with Crippen molar-refractivity contribution >= 4 is 11.8 Å². The Morgan fingerprint density at radius 1 is 1.44 bits per heavy atom. The van der Waals surface area contributed by atoms with Crippen LogP contribution in [0, 0.1) is 0 Å². The first-order chi connectivity index (χ1) is 7.82. The molecular formula is C13H26N2S. The Hall–Kier alpha value is 0.270. The first-order valence-electron chi connectivity index (χ1n) is 6.87. The van der Waals surface area contributed by atoms with Gasteiger partial charge in [0.25, 0.3) is 0 Å². The predicted octanol–water partition coefficient (Wildman–Crippen LogP) is 2.48. The molecule has 1 unspecified atom stereocenters. The van der Waals surface area contributed by atoms with E-state index in [9.17, 15) is 0 Å². The van der Waals surface area contributed by atoms with Gasteiger partial charge in [-0.3, -0.25) is 4.90 Å². The summed E-state index contributed by atoms with van der Waals surface area (Å²) in [7, 11) is 0. The molecule has 2 rings (SSSR count). The van der Waals surface area contributed by atoms with Gasteiger partial charge in [0.2, 0.25) is 0 Å². The molecule has 2 fully saturated rings. The van der Waals surface area contributed by atoms with Crippen LogP contribution in [0.5, 0.6) is 0 Å². The van der Waals surface area contributed by atoms with E-state index in [-0.39, 0.29) is 0 Å². The highest BCUT2D eigenvalue weighted by Crippen LogP contribution is 2.39. The topological polar surface area (TPSA) is 29.3 Å². The SMILES string of the molecule is CCCCN(C1CC1)C1(CN)CCCSC1. The molecule has 0 radical (unpaired) electrons. The van der Waals surface area contributed by atoms with E-state index in [1.54, 1.807) is 0 Å². The lowest BCUT2D eigenvalue weighted by Gasteiger charge is -2.46. The molecule has 1 aliphatic heterocycles. The van der Waals surface area contributed by atoms with E-state index < -0.39 is 0 Å². The molecule has 1 saturated heterocycles. The zero-order valence-corrected chi connectivity index (χ0v) is 11.4. The van der Waals surface area contributed by atoms with E-state index in [2.05, 4.69) is 23.6 Å². The van der Waals surface area contributed by atoms with Crippen molar-refractivity contribution in [2.45, 2.75) is 57.0 Å². The molecule has 1 atom stereocenters. The summed E-state index contributed by atoms with van der Waals surface area (Å²) >= 11 is 2.11. The first kappa shape index (κ1) is 12.7. The smallest absolute Gasteiger partial charge is 0.0425 e. The number of hydrogen-bond donors (Lipinski definition) is 1. The zero-order valence-electron chi connectivity index (χ0n) is 10.6. The number of nitrogens with two attached hydrogens (primary N) is 1. The number of thioether (sulfide) groups is 1. The van der Waals surface area contributed by atoms with Gasteiger partial charge >= 0.3 is 0 Å². The zero-order chi connectivity index (χ0) is 11.4. The fourth-order valence-electron chi connectivity index (χ4n) is 2.86. The van der Waals surface area contributed by atoms with Crippen LogP contribution < -0.4 is 5.73 Å². The summed E-state index contributed by atoms with van der Waals surface area (Å²) in [4.78, 5) is 2.78. The monoisotopic (exact) mass is 242 g/mol. The van der Waals surface area contributed by atoms with Gasteiger partial charge in [0, 0.05) is 23.9 Å². The molecule has 1 aliphatic carbocycles. The lowest BCUT2D eigenvalue weighted by Crippen LogP contribution is -2.58. The van der Waals surface area contributed by atoms with Crippen molar-refractivity contribution in [2.24, 2.45) is 5.73 Å². The summed E-state index contributed by atoms with van der Waals surface area (Å²) in [6.07, 6.45) is 8.15. The van der Waals surface area contributed by atoms with Crippen LogP contribution in [0.1, 0.15) is 45.4 Å². The molecule has 0 spiro atoms. The largest absolute Gasteiger partial charge is 0.329 e. The first-order valence-corrected chi connectivity index (χ1v) is 8.02. The summed E-state index contributed by atoms with van der Waals surface area (Å²) in [6.45, 7) is 4.43. The van der Waals surface area contributed by atoms with Gasteiger partial charge in [-0.1, -0.05) is 13.3 Å². The third-order valence-corrected chi connectivity index (χ3v) is 5.35. The molecule has 16 heavy (non-hydrogen) atoms. The second kappa shape index (κ2) is 5.74. The predicted molar refractivity (Wildman–Crippen MR) is 73.0 cm³/mol. The summed E-state index contributed by atoms with van der Waals surface area (Å²) in [5.41, 5.74) is 6.47. The highest BCUT2D eigenvalue weighted by atomic mass is 32.2. The number of hydrogen-bond acceptors (Lipinski definition) is 3. The maximum atomic E-state index is 6.12. The third kappa shape index (κ3) is 2.74. The van der Waals surface area contributed by atoms with Crippen LogP contribution in [0.3, 0.4) is 0 Å². The van der Waals surface area contributed by atoms with Gasteiger partial charge in [-0.25, -0.2) is 0 Å². The fraction of sp³-hybridized carbons (Fsp3) is 1.00. The molecule has 0 aromatic carbocycles. The van der Waals surface area contributed by atoms with Crippen LogP contribution in [0.4, 0.5) is 0 Å². The van der Waals surface area contributed by atoms with E-state index in [1.807, 2.05) is 0 Å². The normalized spacial score (nSPS) is 30.9. The summed E-state index contributed by atoms with van der Waals surface area (Å²) in [6, 6.07) is 0.869. The molecule has 2 nitrogen and oxygen atoms in total. The van der Waals surface area contributed by atoms with Crippen molar-refractivity contribution in [3.05, 3.63) is 0 Å². The van der Waals surface area contributed by atoms with Crippen molar-refractivity contribution in [3.63, 3.8) is 0 Å². The standard InChI is InChI=1S/C13H26N2S/c1-2-3-8-15(12-5-6-12)13(10-14)7-4-9-16-11-13/h12H,2-11,14H2,1H3. The molecule has 3 heteroatoms. The molecule has 1 heterocycles. The van der Waals surface area contributed by atoms with Gasteiger partial charge in [-0.2, -0.15) is 11.8 Å². The molecule has 0 bridgehead atoms. The maximum Gasteiger partial charge on any atom is 0.0425 e. The Morgan fingerprint density at radius 2 is 2.25 bits per heavy atom. The minimum atomic E-state index is 0.346. The summed E-state index contributed by atoms with van der Waals surface area (Å²) in [5.74, 6) is 2.61. The van der Waals surface area contributed by atoms with E-state index in [0.29, 0.717) is 5.54 Å². The molecule has 1 saturated carbocycles. The Labute approximate surface area is 104 Å². The van der Waals surface area contributed by atoms with Crippen molar-refractivity contribution in [2.75, 3.05) is 24.6 Å². The lowest BCUT2D eigenvalue weighted by molar-refractivity contribution is 0.0914. The van der Waals surface area contributed by atoms with E-state index in [0.717, 1.165) is 12.6 Å². The van der Waals surface area contributed by atoms with Crippen LogP contribution in [0.2, 0.25) is 0 Å². The van der Waals surface area contributed by atoms with Gasteiger partial charge in [0.15, 0.2) is 0 Å². The highest BCUT2D eigenvalue weighted by Gasteiger charge is 2.43. The van der Waals surface area contributed by atoms with Crippen molar-refractivity contribution < 1.29 is 0 Å². The second-order valence-electron chi connectivity index (χ2n) is 5.36. The molecule has 0 amide bonds. The average molecular weight is 242 g/mol. The summed E-state index contributed by atoms with van der Waals surface area (Å²) < 4.78 is 0. The highest BCUT2D eigenvalue weighted by molar-refractivity contribution is 7.99. The Kier molecular flexibility index (Phi) is 4.57. The third-order valence-electron chi connectivity index (χ3n) is 4.03. The van der Waals surface area contributed by atoms with Gasteiger partial charge in [0.1, 0.15) is 0 Å². The van der Waals surface area contributed by atoms with Crippen LogP contribution >= 0.6 is 11.8 Å². The Balaban J connectivity index is 2.01. The number of unbranched alkanes of at least 4 members (excludes halogenated alkanes) is 1. The number of nitrogens with zero attached hydrogens (tertiary/aromatic N) is 1. The lowest BCUT2D eigenvalue weighted by atomic mass is 9.92. The van der Waals surface area contributed by atoms with Crippen molar-refractivity contribution in [1.29, 1.82) is 0 Å². The molecule has 2 N–H and O–H groups in total. The molecule has 94 valence electrons. The minimum Gasteiger partial charge on any atom is -0.329 e. The van der Waals surface area contributed by atoms with Gasteiger partial charge in [-0.15, -0.1) is 0 Å². The minimum absolute atomic E-state index is 0.346. The molecular weight excluding hydrogens is 216 g/mol. The van der Waals surface area contributed by atoms with E-state index >= 15 is 0 Å². The van der Waals surface area contributed by atoms with Gasteiger partial charge in [0.05, 0.1) is 0 Å². The van der Waals surface area contributed by atoms with Crippen LogP contribution in [-0.2, 0) is 0 Å². The Bertz CT molecular complexity index is 210. The molecule has 0 aromatic heterocycles. The molecule has 0 aromatic rings. The number of rotatable bonds is 6. The van der Waals surface area contributed by atoms with Crippen LogP contribution in [0.15, 0.2) is 0 Å². The summed E-state index contributed by atoms with van der Waals surface area (Å²) in [5, 5.41) is 0. The average Bonchev–Trinajstić information content (AvgIpc) is 3.15.